The lowest BCUT2D eigenvalue weighted by Gasteiger charge is -2.38. The first kappa shape index (κ1) is 14.1. The van der Waals surface area contributed by atoms with E-state index in [4.69, 9.17) is 5.26 Å². The molecule has 1 heteroatoms. The Morgan fingerprint density at radius 2 is 2.05 bits per heavy atom. The molecular weight excluding hydrogens is 230 g/mol. The molecule has 102 valence electrons. The van der Waals surface area contributed by atoms with Crippen LogP contribution >= 0.6 is 0 Å². The normalized spacial score (nSPS) is 23.8. The summed E-state index contributed by atoms with van der Waals surface area (Å²) in [6, 6.07) is 8.57. The van der Waals surface area contributed by atoms with Gasteiger partial charge < -0.3 is 0 Å². The Kier molecular flexibility index (Phi) is 4.30. The van der Waals surface area contributed by atoms with Crippen LogP contribution in [0.4, 0.5) is 0 Å². The molecule has 0 aliphatic heterocycles. The number of hydrogen-bond donors (Lipinski definition) is 0. The fourth-order valence-electron chi connectivity index (χ4n) is 3.65. The molecular formula is C18H25N. The summed E-state index contributed by atoms with van der Waals surface area (Å²) in [5.41, 5.74) is 3.73. The van der Waals surface area contributed by atoms with Crippen molar-refractivity contribution in [3.63, 3.8) is 0 Å². The SMILES string of the molecule is CCC1c2ccc(C#N)cc2CCC1C(C)C(C)C. The molecule has 0 radical (unpaired) electrons. The first-order chi connectivity index (χ1) is 9.08. The summed E-state index contributed by atoms with van der Waals surface area (Å²) in [7, 11) is 0. The van der Waals surface area contributed by atoms with Crippen LogP contribution in [0.25, 0.3) is 0 Å². The van der Waals surface area contributed by atoms with E-state index in [0.29, 0.717) is 5.92 Å². The standard InChI is InChI=1S/C18H25N/c1-5-16-17(13(4)12(2)3)9-7-15-10-14(11-19)6-8-18(15)16/h6,8,10,12-13,16-17H,5,7,9H2,1-4H3. The van der Waals surface area contributed by atoms with Gasteiger partial charge in [-0.1, -0.05) is 33.8 Å². The average Bonchev–Trinajstić information content (AvgIpc) is 2.44. The highest BCUT2D eigenvalue weighted by molar-refractivity contribution is 5.41. The third kappa shape index (κ3) is 2.68. The van der Waals surface area contributed by atoms with Gasteiger partial charge in [0.05, 0.1) is 11.6 Å². The van der Waals surface area contributed by atoms with Crippen LogP contribution in [0, 0.1) is 29.1 Å². The van der Waals surface area contributed by atoms with Crippen molar-refractivity contribution in [2.75, 3.05) is 0 Å². The first-order valence-corrected chi connectivity index (χ1v) is 7.61. The molecule has 0 spiro atoms. The highest BCUT2D eigenvalue weighted by atomic mass is 14.4. The van der Waals surface area contributed by atoms with Crippen molar-refractivity contribution < 1.29 is 0 Å². The summed E-state index contributed by atoms with van der Waals surface area (Å²) < 4.78 is 0. The van der Waals surface area contributed by atoms with E-state index >= 15 is 0 Å². The van der Waals surface area contributed by atoms with Crippen LogP contribution in [0.1, 0.15) is 63.1 Å². The molecule has 3 atom stereocenters. The number of fused-ring (bicyclic) bond motifs is 1. The largest absolute Gasteiger partial charge is 0.192 e. The third-order valence-corrected chi connectivity index (χ3v) is 5.10. The van der Waals surface area contributed by atoms with Crippen molar-refractivity contribution in [2.45, 2.75) is 52.9 Å². The molecule has 0 amide bonds. The third-order valence-electron chi connectivity index (χ3n) is 5.10. The molecule has 3 unspecified atom stereocenters. The lowest BCUT2D eigenvalue weighted by molar-refractivity contribution is 0.209. The maximum atomic E-state index is 9.03. The number of hydrogen-bond acceptors (Lipinski definition) is 1. The topological polar surface area (TPSA) is 23.8 Å². The summed E-state index contributed by atoms with van der Waals surface area (Å²) in [6.45, 7) is 9.39. The number of rotatable bonds is 3. The van der Waals surface area contributed by atoms with Gasteiger partial charge in [0, 0.05) is 0 Å². The predicted molar refractivity (Wildman–Crippen MR) is 80.0 cm³/mol. The predicted octanol–water partition coefficient (Wildman–Crippen LogP) is 4.91. The molecule has 0 fully saturated rings. The minimum atomic E-state index is 0.675. The van der Waals surface area contributed by atoms with Crippen LogP contribution < -0.4 is 0 Å². The van der Waals surface area contributed by atoms with Crippen molar-refractivity contribution in [2.24, 2.45) is 17.8 Å². The van der Waals surface area contributed by atoms with Crippen LogP contribution in [0.5, 0.6) is 0 Å². The van der Waals surface area contributed by atoms with E-state index in [1.807, 2.05) is 6.07 Å². The molecule has 1 aromatic rings. The maximum Gasteiger partial charge on any atom is 0.0991 e. The fraction of sp³-hybridized carbons (Fsp3) is 0.611. The van der Waals surface area contributed by atoms with Gasteiger partial charge in [-0.2, -0.15) is 5.26 Å². The molecule has 2 rings (SSSR count). The molecule has 0 saturated heterocycles. The van der Waals surface area contributed by atoms with Gasteiger partial charge in [0.1, 0.15) is 0 Å². The minimum absolute atomic E-state index is 0.675. The van der Waals surface area contributed by atoms with E-state index in [-0.39, 0.29) is 0 Å². The minimum Gasteiger partial charge on any atom is -0.192 e. The van der Waals surface area contributed by atoms with E-state index in [9.17, 15) is 0 Å². The number of benzene rings is 1. The van der Waals surface area contributed by atoms with Gasteiger partial charge in [0.15, 0.2) is 0 Å². The molecule has 1 aliphatic rings. The molecule has 1 nitrogen and oxygen atoms in total. The Hall–Kier alpha value is -1.29. The number of nitrogens with zero attached hydrogens (tertiary/aromatic N) is 1. The quantitative estimate of drug-likeness (QED) is 0.753. The number of aryl methyl sites for hydroxylation is 1. The average molecular weight is 255 g/mol. The molecule has 1 aromatic carbocycles. The van der Waals surface area contributed by atoms with E-state index in [1.54, 1.807) is 0 Å². The highest BCUT2D eigenvalue weighted by Crippen LogP contribution is 2.44. The molecule has 0 heterocycles. The smallest absolute Gasteiger partial charge is 0.0991 e. The van der Waals surface area contributed by atoms with Crippen molar-refractivity contribution in [1.82, 2.24) is 0 Å². The Morgan fingerprint density at radius 3 is 2.63 bits per heavy atom. The second-order valence-corrected chi connectivity index (χ2v) is 6.35. The van der Waals surface area contributed by atoms with Crippen LogP contribution in [-0.2, 0) is 6.42 Å². The zero-order valence-electron chi connectivity index (χ0n) is 12.6. The summed E-state index contributed by atoms with van der Waals surface area (Å²) in [5, 5.41) is 9.03. The van der Waals surface area contributed by atoms with Crippen molar-refractivity contribution in [1.29, 1.82) is 5.26 Å². The second-order valence-electron chi connectivity index (χ2n) is 6.35. The zero-order valence-corrected chi connectivity index (χ0v) is 12.6. The second kappa shape index (κ2) is 5.78. The Labute approximate surface area is 117 Å². The van der Waals surface area contributed by atoms with E-state index in [2.05, 4.69) is 45.9 Å². The van der Waals surface area contributed by atoms with Crippen molar-refractivity contribution >= 4 is 0 Å². The van der Waals surface area contributed by atoms with E-state index in [0.717, 1.165) is 29.7 Å². The summed E-state index contributed by atoms with van der Waals surface area (Å²) in [4.78, 5) is 0. The van der Waals surface area contributed by atoms with Crippen LogP contribution in [0.3, 0.4) is 0 Å². The zero-order chi connectivity index (χ0) is 14.0. The first-order valence-electron chi connectivity index (χ1n) is 7.61. The van der Waals surface area contributed by atoms with Gasteiger partial charge in [-0.25, -0.2) is 0 Å². The van der Waals surface area contributed by atoms with Gasteiger partial charge in [0.2, 0.25) is 0 Å². The molecule has 0 N–H and O–H groups in total. The van der Waals surface area contributed by atoms with Crippen LogP contribution in [0.2, 0.25) is 0 Å². The Morgan fingerprint density at radius 1 is 1.32 bits per heavy atom. The molecule has 19 heavy (non-hydrogen) atoms. The number of nitriles is 1. The Balaban J connectivity index is 2.34. The summed E-state index contributed by atoms with van der Waals surface area (Å²) >= 11 is 0. The van der Waals surface area contributed by atoms with Crippen LogP contribution in [-0.4, -0.2) is 0 Å². The molecule has 1 aliphatic carbocycles. The maximum absolute atomic E-state index is 9.03. The van der Waals surface area contributed by atoms with Crippen molar-refractivity contribution in [3.05, 3.63) is 34.9 Å². The van der Waals surface area contributed by atoms with E-state index < -0.39 is 0 Å². The highest BCUT2D eigenvalue weighted by Gasteiger charge is 2.32. The monoisotopic (exact) mass is 255 g/mol. The van der Waals surface area contributed by atoms with Gasteiger partial charge in [-0.05, 0) is 66.2 Å². The van der Waals surface area contributed by atoms with Crippen molar-refractivity contribution in [3.8, 4) is 6.07 Å². The van der Waals surface area contributed by atoms with Gasteiger partial charge in [-0.15, -0.1) is 0 Å². The Bertz CT molecular complexity index is 481. The summed E-state index contributed by atoms with van der Waals surface area (Å²) in [6.07, 6.45) is 3.63. The summed E-state index contributed by atoms with van der Waals surface area (Å²) in [5.74, 6) is 2.99. The van der Waals surface area contributed by atoms with Gasteiger partial charge in [-0.3, -0.25) is 0 Å². The van der Waals surface area contributed by atoms with Gasteiger partial charge >= 0.3 is 0 Å². The molecule has 0 saturated carbocycles. The van der Waals surface area contributed by atoms with Crippen LogP contribution in [0.15, 0.2) is 18.2 Å². The fourth-order valence-corrected chi connectivity index (χ4v) is 3.65. The van der Waals surface area contributed by atoms with E-state index in [1.165, 1.54) is 24.0 Å². The molecule has 0 bridgehead atoms. The van der Waals surface area contributed by atoms with Gasteiger partial charge in [0.25, 0.3) is 0 Å². The lowest BCUT2D eigenvalue weighted by Crippen LogP contribution is -2.28. The molecule has 0 aromatic heterocycles. The lowest BCUT2D eigenvalue weighted by atomic mass is 9.66.